The molecule has 0 aliphatic rings. The summed E-state index contributed by atoms with van der Waals surface area (Å²) < 4.78 is 56.6. The largest absolute Gasteiger partial charge is 0.772 e. The van der Waals surface area contributed by atoms with Gasteiger partial charge in [-0.25, -0.2) is 0 Å². The van der Waals surface area contributed by atoms with E-state index in [2.05, 4.69) is 17.1 Å². The Morgan fingerprint density at radius 1 is 1.64 bits per heavy atom. The molecule has 0 aliphatic carbocycles. The Balaban J connectivity index is 4.77. The highest BCUT2D eigenvalue weighted by atomic mass is 32.2. The van der Waals surface area contributed by atoms with Gasteiger partial charge in [0.1, 0.15) is 0 Å². The van der Waals surface area contributed by atoms with Gasteiger partial charge >= 0.3 is 6.18 Å². The molecule has 0 saturated carbocycles. The molecule has 0 radical (unpaired) electrons. The van der Waals surface area contributed by atoms with Crippen molar-refractivity contribution in [3.8, 4) is 0 Å². The third kappa shape index (κ3) is 4.38. The molecule has 0 heterocycles. The molecule has 1 unspecified atom stereocenters. The lowest BCUT2D eigenvalue weighted by molar-refractivity contribution is -0.0857. The summed E-state index contributed by atoms with van der Waals surface area (Å²) in [5.74, 6) is -0.820. The van der Waals surface area contributed by atoms with Crippen LogP contribution in [-0.2, 0) is 11.1 Å². The van der Waals surface area contributed by atoms with E-state index >= 15 is 0 Å². The summed E-state index contributed by atoms with van der Waals surface area (Å²) in [6, 6.07) is 0. The van der Waals surface area contributed by atoms with Crippen LogP contribution in [0.2, 0.25) is 0 Å². The molecule has 0 aromatic rings. The maximum Gasteiger partial charge on any atom is 0.417 e. The molecule has 8 heteroatoms. The highest BCUT2D eigenvalue weighted by Crippen LogP contribution is 2.25. The average Bonchev–Trinajstić information content (AvgIpc) is 2.00. The van der Waals surface area contributed by atoms with Gasteiger partial charge < -0.3 is 9.98 Å². The molecule has 0 aromatic heterocycles. The Hall–Kier alpha value is -0.890. The average molecular weight is 229 g/mol. The molecule has 0 amide bonds. The van der Waals surface area contributed by atoms with Gasteiger partial charge in [-0.2, -0.15) is 18.3 Å². The van der Waals surface area contributed by atoms with Gasteiger partial charge in [0.15, 0.2) is 0 Å². The van der Waals surface area contributed by atoms with Crippen molar-refractivity contribution in [3.05, 3.63) is 12.2 Å². The van der Waals surface area contributed by atoms with Gasteiger partial charge in [-0.3, -0.25) is 4.21 Å². The third-order valence-corrected chi connectivity index (χ3v) is 1.70. The predicted molar refractivity (Wildman–Crippen MR) is 45.5 cm³/mol. The zero-order valence-electron chi connectivity index (χ0n) is 7.22. The first-order chi connectivity index (χ1) is 6.29. The number of allylic oxidation sites excluding steroid dienone is 1. The van der Waals surface area contributed by atoms with E-state index < -0.39 is 34.3 Å². The third-order valence-electron chi connectivity index (χ3n) is 1.19. The second-order valence-corrected chi connectivity index (χ2v) is 3.10. The van der Waals surface area contributed by atoms with Gasteiger partial charge in [0.2, 0.25) is 0 Å². The Morgan fingerprint density at radius 3 is 2.43 bits per heavy atom. The quantitative estimate of drug-likeness (QED) is 0.435. The van der Waals surface area contributed by atoms with Crippen LogP contribution in [-0.4, -0.2) is 33.5 Å². The van der Waals surface area contributed by atoms with Gasteiger partial charge in [-0.1, -0.05) is 6.58 Å². The van der Waals surface area contributed by atoms with Crippen LogP contribution in [0.5, 0.6) is 0 Å². The standard InChI is InChI=1S/C6H9F3N2O2S/c1-4(6(7,8)9)5(11-10-2)3-14(12)13/h10H,1,3H2,2H3,(H,12,13)/p-1/b11-5-. The van der Waals surface area contributed by atoms with Crippen LogP contribution in [0, 0.1) is 0 Å². The molecule has 0 aliphatic heterocycles. The second kappa shape index (κ2) is 5.11. The fraction of sp³-hybridized carbons (Fsp3) is 0.500. The Bertz CT molecular complexity index is 275. The summed E-state index contributed by atoms with van der Waals surface area (Å²) in [6.07, 6.45) is -4.67. The number of alkyl halides is 3. The van der Waals surface area contributed by atoms with Crippen LogP contribution >= 0.6 is 0 Å². The van der Waals surface area contributed by atoms with E-state index in [4.69, 9.17) is 0 Å². The first kappa shape index (κ1) is 13.1. The molecule has 0 bridgehead atoms. The fourth-order valence-corrected chi connectivity index (χ4v) is 1.06. The monoisotopic (exact) mass is 229 g/mol. The minimum absolute atomic E-state index is 0.645. The van der Waals surface area contributed by atoms with E-state index in [9.17, 15) is 21.9 Å². The van der Waals surface area contributed by atoms with E-state index in [-0.39, 0.29) is 0 Å². The van der Waals surface area contributed by atoms with E-state index in [1.54, 1.807) is 0 Å². The number of hydrogen-bond acceptors (Lipinski definition) is 4. The molecule has 1 atom stereocenters. The summed E-state index contributed by atoms with van der Waals surface area (Å²) in [5.41, 5.74) is 0.167. The van der Waals surface area contributed by atoms with Crippen LogP contribution in [0.4, 0.5) is 13.2 Å². The molecular weight excluding hydrogens is 221 g/mol. The number of hydrazone groups is 1. The number of halogens is 3. The maximum absolute atomic E-state index is 12.1. The van der Waals surface area contributed by atoms with Gasteiger partial charge in [0, 0.05) is 7.05 Å². The van der Waals surface area contributed by atoms with E-state index in [1.165, 1.54) is 7.05 Å². The number of nitrogens with zero attached hydrogens (tertiary/aromatic N) is 1. The Morgan fingerprint density at radius 2 is 2.14 bits per heavy atom. The summed E-state index contributed by atoms with van der Waals surface area (Å²) in [5, 5.41) is 3.18. The van der Waals surface area contributed by atoms with Crippen molar-refractivity contribution in [3.63, 3.8) is 0 Å². The lowest BCUT2D eigenvalue weighted by Crippen LogP contribution is -2.25. The predicted octanol–water partition coefficient (Wildman–Crippen LogP) is 0.559. The molecule has 0 spiro atoms. The number of rotatable bonds is 4. The summed E-state index contributed by atoms with van der Waals surface area (Å²) in [4.78, 5) is 0. The van der Waals surface area contributed by atoms with Gasteiger partial charge in [0.05, 0.1) is 17.0 Å². The van der Waals surface area contributed by atoms with Crippen molar-refractivity contribution in [1.29, 1.82) is 0 Å². The summed E-state index contributed by atoms with van der Waals surface area (Å²) >= 11 is -2.63. The van der Waals surface area contributed by atoms with Crippen LogP contribution in [0.1, 0.15) is 0 Å². The fourth-order valence-electron chi connectivity index (χ4n) is 0.597. The molecular formula is C6H8F3N2O2S-. The number of nitrogens with one attached hydrogen (secondary N) is 1. The highest BCUT2D eigenvalue weighted by Gasteiger charge is 2.35. The zero-order chi connectivity index (χ0) is 11.4. The van der Waals surface area contributed by atoms with E-state index in [0.717, 1.165) is 0 Å². The molecule has 0 fully saturated rings. The van der Waals surface area contributed by atoms with Crippen molar-refractivity contribution < 1.29 is 21.9 Å². The second-order valence-electron chi connectivity index (χ2n) is 2.21. The molecule has 82 valence electrons. The minimum atomic E-state index is -4.67. The maximum atomic E-state index is 12.1. The zero-order valence-corrected chi connectivity index (χ0v) is 8.04. The van der Waals surface area contributed by atoms with E-state index in [1.807, 2.05) is 0 Å². The molecule has 1 N–H and O–H groups in total. The first-order valence-electron chi connectivity index (χ1n) is 3.34. The molecule has 0 aromatic carbocycles. The molecule has 0 saturated heterocycles. The first-order valence-corrected chi connectivity index (χ1v) is 4.59. The van der Waals surface area contributed by atoms with E-state index in [0.29, 0.717) is 0 Å². The van der Waals surface area contributed by atoms with Crippen molar-refractivity contribution >= 4 is 16.8 Å². The smallest absolute Gasteiger partial charge is 0.417 e. The van der Waals surface area contributed by atoms with Crippen LogP contribution in [0.3, 0.4) is 0 Å². The lowest BCUT2D eigenvalue weighted by Gasteiger charge is -2.13. The van der Waals surface area contributed by atoms with Crippen molar-refractivity contribution in [2.24, 2.45) is 5.10 Å². The van der Waals surface area contributed by atoms with Crippen LogP contribution < -0.4 is 5.43 Å². The van der Waals surface area contributed by atoms with Crippen LogP contribution in [0.15, 0.2) is 17.3 Å². The summed E-state index contributed by atoms with van der Waals surface area (Å²) in [7, 11) is 1.26. The minimum Gasteiger partial charge on any atom is -0.772 e. The number of hydrogen-bond donors (Lipinski definition) is 1. The van der Waals surface area contributed by atoms with Crippen molar-refractivity contribution in [2.75, 3.05) is 12.8 Å². The molecule has 0 rings (SSSR count). The summed E-state index contributed by atoms with van der Waals surface area (Å²) in [6.45, 7) is 2.73. The van der Waals surface area contributed by atoms with Crippen LogP contribution in [0.25, 0.3) is 0 Å². The van der Waals surface area contributed by atoms with Gasteiger partial charge in [-0.05, 0) is 11.1 Å². The Labute approximate surface area is 81.2 Å². The topological polar surface area (TPSA) is 64.5 Å². The normalized spacial score (nSPS) is 15.1. The lowest BCUT2D eigenvalue weighted by atomic mass is 10.2. The highest BCUT2D eigenvalue weighted by molar-refractivity contribution is 7.80. The van der Waals surface area contributed by atoms with Crippen molar-refractivity contribution in [2.45, 2.75) is 6.18 Å². The van der Waals surface area contributed by atoms with Crippen molar-refractivity contribution in [1.82, 2.24) is 5.43 Å². The van der Waals surface area contributed by atoms with Gasteiger partial charge in [0.25, 0.3) is 0 Å². The molecule has 14 heavy (non-hydrogen) atoms. The van der Waals surface area contributed by atoms with Gasteiger partial charge in [-0.15, -0.1) is 0 Å². The molecule has 4 nitrogen and oxygen atoms in total. The SMILES string of the molecule is C=C(/C(CS(=O)[O-])=N\NC)C(F)(F)F. The Kier molecular flexibility index (Phi) is 4.78.